The first-order valence-corrected chi connectivity index (χ1v) is 8.22. The summed E-state index contributed by atoms with van der Waals surface area (Å²) in [5, 5.41) is 13.0. The molecule has 0 aliphatic heterocycles. The Labute approximate surface area is 122 Å². The molecule has 0 saturated heterocycles. The van der Waals surface area contributed by atoms with Crippen LogP contribution in [0.2, 0.25) is 0 Å². The number of benzene rings is 1. The van der Waals surface area contributed by atoms with Crippen LogP contribution < -0.4 is 14.8 Å². The van der Waals surface area contributed by atoms with Crippen LogP contribution in [0.25, 0.3) is 0 Å². The lowest BCUT2D eigenvalue weighted by Crippen LogP contribution is -2.39. The number of aliphatic hydroxyl groups is 1. The first kappa shape index (κ1) is 16.9. The SMILES string of the molecule is COc1cccc(OCC(O)CNC(C)CS(C)=O)c1. The smallest absolute Gasteiger partial charge is 0.123 e. The molecule has 3 atom stereocenters. The van der Waals surface area contributed by atoms with Crippen LogP contribution in [0.3, 0.4) is 0 Å². The van der Waals surface area contributed by atoms with E-state index in [1.165, 1.54) is 0 Å². The van der Waals surface area contributed by atoms with Gasteiger partial charge in [-0.3, -0.25) is 4.21 Å². The fourth-order valence-electron chi connectivity index (χ4n) is 1.69. The van der Waals surface area contributed by atoms with Gasteiger partial charge in [0.1, 0.15) is 24.2 Å². The number of methoxy groups -OCH3 is 1. The second-order valence-electron chi connectivity index (χ2n) is 4.69. The number of nitrogens with one attached hydrogen (secondary N) is 1. The highest BCUT2D eigenvalue weighted by atomic mass is 32.2. The van der Waals surface area contributed by atoms with E-state index in [1.807, 2.05) is 25.1 Å². The molecule has 0 radical (unpaired) electrons. The van der Waals surface area contributed by atoms with Crippen molar-refractivity contribution < 1.29 is 18.8 Å². The van der Waals surface area contributed by atoms with Crippen molar-refractivity contribution in [1.82, 2.24) is 5.32 Å². The minimum absolute atomic E-state index is 0.104. The maximum absolute atomic E-state index is 11.0. The minimum atomic E-state index is -0.837. The number of hydrogen-bond acceptors (Lipinski definition) is 5. The zero-order valence-corrected chi connectivity index (χ0v) is 13.0. The van der Waals surface area contributed by atoms with Crippen LogP contribution in [0.5, 0.6) is 11.5 Å². The van der Waals surface area contributed by atoms with E-state index in [0.717, 1.165) is 0 Å². The largest absolute Gasteiger partial charge is 0.497 e. The molecule has 5 nitrogen and oxygen atoms in total. The molecule has 1 rings (SSSR count). The Morgan fingerprint density at radius 2 is 2.10 bits per heavy atom. The summed E-state index contributed by atoms with van der Waals surface area (Å²) in [6, 6.07) is 7.34. The van der Waals surface area contributed by atoms with E-state index in [-0.39, 0.29) is 12.6 Å². The lowest BCUT2D eigenvalue weighted by molar-refractivity contribution is 0.104. The van der Waals surface area contributed by atoms with Gasteiger partial charge in [0, 0.05) is 41.5 Å². The van der Waals surface area contributed by atoms with E-state index in [1.54, 1.807) is 19.4 Å². The molecule has 0 aliphatic rings. The summed E-state index contributed by atoms with van der Waals surface area (Å²) in [5.74, 6) is 1.95. The van der Waals surface area contributed by atoms with Gasteiger partial charge in [-0.25, -0.2) is 0 Å². The molecule has 3 unspecified atom stereocenters. The third-order valence-electron chi connectivity index (χ3n) is 2.67. The normalized spacial score (nSPS) is 15.4. The van der Waals surface area contributed by atoms with Crippen LogP contribution in [0, 0.1) is 0 Å². The molecule has 0 bridgehead atoms. The van der Waals surface area contributed by atoms with Gasteiger partial charge in [-0.15, -0.1) is 0 Å². The van der Waals surface area contributed by atoms with Gasteiger partial charge in [0.15, 0.2) is 0 Å². The summed E-state index contributed by atoms with van der Waals surface area (Å²) in [5.41, 5.74) is 0. The highest BCUT2D eigenvalue weighted by molar-refractivity contribution is 7.84. The molecule has 1 aromatic carbocycles. The fourth-order valence-corrected chi connectivity index (χ4v) is 2.51. The summed E-state index contributed by atoms with van der Waals surface area (Å²) < 4.78 is 21.6. The van der Waals surface area contributed by atoms with Gasteiger partial charge in [0.25, 0.3) is 0 Å². The predicted octanol–water partition coefficient (Wildman–Crippen LogP) is 0.791. The Balaban J connectivity index is 2.28. The van der Waals surface area contributed by atoms with Crippen molar-refractivity contribution in [2.75, 3.05) is 32.3 Å². The Hall–Kier alpha value is -1.11. The summed E-state index contributed by atoms with van der Waals surface area (Å²) in [4.78, 5) is 0. The predicted molar refractivity (Wildman–Crippen MR) is 80.9 cm³/mol. The van der Waals surface area contributed by atoms with E-state index >= 15 is 0 Å². The number of aliphatic hydroxyl groups excluding tert-OH is 1. The van der Waals surface area contributed by atoms with Crippen LogP contribution >= 0.6 is 0 Å². The minimum Gasteiger partial charge on any atom is -0.497 e. The van der Waals surface area contributed by atoms with Crippen LogP contribution in [-0.2, 0) is 10.8 Å². The second-order valence-corrected chi connectivity index (χ2v) is 6.17. The van der Waals surface area contributed by atoms with Crippen molar-refractivity contribution in [3.05, 3.63) is 24.3 Å². The van der Waals surface area contributed by atoms with Crippen molar-refractivity contribution >= 4 is 10.8 Å². The molecule has 0 spiro atoms. The fraction of sp³-hybridized carbons (Fsp3) is 0.571. The summed E-state index contributed by atoms with van der Waals surface area (Å²) in [7, 11) is 0.757. The van der Waals surface area contributed by atoms with Gasteiger partial charge in [-0.1, -0.05) is 6.07 Å². The van der Waals surface area contributed by atoms with Gasteiger partial charge in [0.05, 0.1) is 7.11 Å². The molecule has 0 heterocycles. The van der Waals surface area contributed by atoms with Gasteiger partial charge >= 0.3 is 0 Å². The van der Waals surface area contributed by atoms with Gasteiger partial charge < -0.3 is 19.9 Å². The topological polar surface area (TPSA) is 67.8 Å². The molecule has 0 amide bonds. The standard InChI is InChI=1S/C14H23NO4S/c1-11(10-20(3)17)15-8-12(16)9-19-14-6-4-5-13(7-14)18-2/h4-7,11-12,15-16H,8-10H2,1-3H3. The van der Waals surface area contributed by atoms with E-state index in [4.69, 9.17) is 9.47 Å². The Morgan fingerprint density at radius 1 is 1.40 bits per heavy atom. The summed E-state index contributed by atoms with van der Waals surface area (Å²) in [6.07, 6.45) is 1.05. The summed E-state index contributed by atoms with van der Waals surface area (Å²) in [6.45, 7) is 2.54. The van der Waals surface area contributed by atoms with Crippen LogP contribution in [0.15, 0.2) is 24.3 Å². The highest BCUT2D eigenvalue weighted by Gasteiger charge is 2.09. The first-order valence-electron chi connectivity index (χ1n) is 6.49. The molecular formula is C14H23NO4S. The van der Waals surface area contributed by atoms with E-state index in [0.29, 0.717) is 23.8 Å². The van der Waals surface area contributed by atoms with Crippen molar-refractivity contribution in [3.8, 4) is 11.5 Å². The van der Waals surface area contributed by atoms with Crippen molar-refractivity contribution in [1.29, 1.82) is 0 Å². The van der Waals surface area contributed by atoms with Crippen LogP contribution in [0.4, 0.5) is 0 Å². The molecule has 0 aliphatic carbocycles. The summed E-state index contributed by atoms with van der Waals surface area (Å²) >= 11 is 0. The molecular weight excluding hydrogens is 278 g/mol. The highest BCUT2D eigenvalue weighted by Crippen LogP contribution is 2.18. The zero-order chi connectivity index (χ0) is 15.0. The molecule has 20 heavy (non-hydrogen) atoms. The maximum Gasteiger partial charge on any atom is 0.123 e. The molecule has 114 valence electrons. The van der Waals surface area contributed by atoms with Crippen LogP contribution in [-0.4, -0.2) is 53.7 Å². The lowest BCUT2D eigenvalue weighted by atomic mass is 10.3. The zero-order valence-electron chi connectivity index (χ0n) is 12.2. The monoisotopic (exact) mass is 301 g/mol. The van der Waals surface area contributed by atoms with Gasteiger partial charge in [0.2, 0.25) is 0 Å². The average Bonchev–Trinajstić information content (AvgIpc) is 2.42. The molecule has 0 aromatic heterocycles. The van der Waals surface area contributed by atoms with E-state index in [9.17, 15) is 9.32 Å². The Morgan fingerprint density at radius 3 is 2.75 bits per heavy atom. The molecule has 2 N–H and O–H groups in total. The first-order chi connectivity index (χ1) is 9.51. The second kappa shape index (κ2) is 8.94. The third kappa shape index (κ3) is 6.88. The third-order valence-corrected chi connectivity index (χ3v) is 3.64. The van der Waals surface area contributed by atoms with E-state index in [2.05, 4.69) is 5.32 Å². The van der Waals surface area contributed by atoms with Gasteiger partial charge in [-0.2, -0.15) is 0 Å². The van der Waals surface area contributed by atoms with Crippen molar-refractivity contribution in [2.45, 2.75) is 19.1 Å². The Bertz CT molecular complexity index is 427. The van der Waals surface area contributed by atoms with Crippen molar-refractivity contribution in [2.24, 2.45) is 0 Å². The molecule has 0 saturated carbocycles. The van der Waals surface area contributed by atoms with E-state index < -0.39 is 16.9 Å². The lowest BCUT2D eigenvalue weighted by Gasteiger charge is -2.17. The molecule has 6 heteroatoms. The van der Waals surface area contributed by atoms with Crippen LogP contribution in [0.1, 0.15) is 6.92 Å². The van der Waals surface area contributed by atoms with Crippen molar-refractivity contribution in [3.63, 3.8) is 0 Å². The average molecular weight is 301 g/mol. The number of hydrogen-bond donors (Lipinski definition) is 2. The maximum atomic E-state index is 11.0. The quantitative estimate of drug-likeness (QED) is 0.706. The number of ether oxygens (including phenoxy) is 2. The molecule has 0 fully saturated rings. The number of rotatable bonds is 9. The molecule has 1 aromatic rings. The van der Waals surface area contributed by atoms with Gasteiger partial charge in [-0.05, 0) is 19.1 Å². The Kier molecular flexibility index (Phi) is 7.58.